The maximum atomic E-state index is 11.7. The van der Waals surface area contributed by atoms with Gasteiger partial charge in [0, 0.05) is 6.42 Å². The standard InChI is InChI=1S/C23H44NO9P/c1-2-3-4-5-6-7-8-9-10-11-12-13-14-15-16-22(26)31-17-20(25)18-32-34(29,30)33-19-21(24)23(27)28/h8-9,20-21,25H,2-7,10-19,24H2,1H3,(H,27,28)(H,29,30)/b9-8-. The van der Waals surface area contributed by atoms with Crippen molar-refractivity contribution in [2.24, 2.45) is 5.73 Å². The SMILES string of the molecule is CCCCCCC/C=C\CCCCCCCC(=O)OCC(O)COP(=O)(O)OCC(N)C(=O)O. The van der Waals surface area contributed by atoms with Gasteiger partial charge in [-0.1, -0.05) is 64.0 Å². The van der Waals surface area contributed by atoms with Crippen molar-refractivity contribution >= 4 is 19.8 Å². The zero-order valence-electron chi connectivity index (χ0n) is 20.4. The number of carbonyl (C=O) groups excluding carboxylic acids is 1. The zero-order valence-corrected chi connectivity index (χ0v) is 21.3. The highest BCUT2D eigenvalue weighted by Crippen LogP contribution is 2.43. The normalized spacial score (nSPS) is 15.2. The molecule has 0 aliphatic heterocycles. The van der Waals surface area contributed by atoms with Gasteiger partial charge in [-0.3, -0.25) is 18.6 Å². The molecule has 10 nitrogen and oxygen atoms in total. The van der Waals surface area contributed by atoms with Crippen molar-refractivity contribution in [3.8, 4) is 0 Å². The number of hydrogen-bond donors (Lipinski definition) is 4. The van der Waals surface area contributed by atoms with Crippen molar-refractivity contribution in [1.29, 1.82) is 0 Å². The second-order valence-corrected chi connectivity index (χ2v) is 9.78. The molecule has 0 aromatic rings. The minimum Gasteiger partial charge on any atom is -0.480 e. The van der Waals surface area contributed by atoms with Crippen LogP contribution in [-0.2, 0) is 27.9 Å². The summed E-state index contributed by atoms with van der Waals surface area (Å²) < 4.78 is 25.5. The molecule has 3 unspecified atom stereocenters. The first-order valence-corrected chi connectivity index (χ1v) is 13.8. The van der Waals surface area contributed by atoms with Crippen molar-refractivity contribution in [3.63, 3.8) is 0 Å². The van der Waals surface area contributed by atoms with Gasteiger partial charge in [-0.15, -0.1) is 0 Å². The van der Waals surface area contributed by atoms with Crippen LogP contribution in [0.3, 0.4) is 0 Å². The Balaban J connectivity index is 3.64. The van der Waals surface area contributed by atoms with E-state index in [1.807, 2.05) is 0 Å². The van der Waals surface area contributed by atoms with Gasteiger partial charge in [0.1, 0.15) is 18.8 Å². The Bertz CT molecular complexity index is 615. The molecule has 0 fully saturated rings. The van der Waals surface area contributed by atoms with Crippen molar-refractivity contribution in [3.05, 3.63) is 12.2 Å². The number of rotatable bonds is 23. The lowest BCUT2D eigenvalue weighted by Gasteiger charge is -2.16. The third-order valence-corrected chi connectivity index (χ3v) is 5.94. The van der Waals surface area contributed by atoms with Gasteiger partial charge in [-0.05, 0) is 32.1 Å². The van der Waals surface area contributed by atoms with Crippen LogP contribution in [0.4, 0.5) is 0 Å². The summed E-state index contributed by atoms with van der Waals surface area (Å²) in [7, 11) is -4.58. The fraction of sp³-hybridized carbons (Fsp3) is 0.826. The molecule has 0 saturated carbocycles. The molecule has 34 heavy (non-hydrogen) atoms. The van der Waals surface area contributed by atoms with E-state index in [1.165, 1.54) is 38.5 Å². The second-order valence-electron chi connectivity index (χ2n) is 8.32. The number of carboxylic acids is 1. The van der Waals surface area contributed by atoms with Crippen molar-refractivity contribution in [2.45, 2.75) is 103 Å². The van der Waals surface area contributed by atoms with E-state index in [4.69, 9.17) is 15.6 Å². The second kappa shape index (κ2) is 21.0. The average Bonchev–Trinajstić information content (AvgIpc) is 2.80. The van der Waals surface area contributed by atoms with E-state index in [2.05, 4.69) is 28.1 Å². The first kappa shape index (κ1) is 32.7. The first-order valence-electron chi connectivity index (χ1n) is 12.3. The molecule has 0 rings (SSSR count). The summed E-state index contributed by atoms with van der Waals surface area (Å²) in [5, 5.41) is 18.3. The molecule has 0 aromatic carbocycles. The molecule has 5 N–H and O–H groups in total. The molecule has 0 aliphatic carbocycles. The number of allylic oxidation sites excluding steroid dienone is 2. The molecule has 0 bridgehead atoms. The van der Waals surface area contributed by atoms with Crippen LogP contribution in [0.2, 0.25) is 0 Å². The number of carboxylic acid groups (broad SMARTS) is 1. The summed E-state index contributed by atoms with van der Waals surface area (Å²) in [5.41, 5.74) is 5.15. The van der Waals surface area contributed by atoms with Crippen LogP contribution in [-0.4, -0.2) is 59.0 Å². The molecule has 3 atom stereocenters. The van der Waals surface area contributed by atoms with E-state index in [-0.39, 0.29) is 6.42 Å². The van der Waals surface area contributed by atoms with Crippen LogP contribution in [0, 0.1) is 0 Å². The van der Waals surface area contributed by atoms with Crippen LogP contribution >= 0.6 is 7.82 Å². The fourth-order valence-corrected chi connectivity index (χ4v) is 3.72. The summed E-state index contributed by atoms with van der Waals surface area (Å²) in [6, 6.07) is -1.48. The predicted octanol–water partition coefficient (Wildman–Crippen LogP) is 4.08. The molecular weight excluding hydrogens is 465 g/mol. The predicted molar refractivity (Wildman–Crippen MR) is 129 cm³/mol. The van der Waals surface area contributed by atoms with E-state index in [0.717, 1.165) is 32.1 Å². The van der Waals surface area contributed by atoms with Gasteiger partial charge in [0.15, 0.2) is 0 Å². The van der Waals surface area contributed by atoms with E-state index < -0.39 is 51.7 Å². The van der Waals surface area contributed by atoms with E-state index in [0.29, 0.717) is 6.42 Å². The van der Waals surface area contributed by atoms with Crippen molar-refractivity contribution in [1.82, 2.24) is 0 Å². The summed E-state index contributed by atoms with van der Waals surface area (Å²) in [6.07, 6.45) is 17.2. The highest BCUT2D eigenvalue weighted by molar-refractivity contribution is 7.47. The number of esters is 1. The number of aliphatic hydroxyl groups is 1. The van der Waals surface area contributed by atoms with Crippen LogP contribution < -0.4 is 5.73 Å². The molecule has 0 aliphatic rings. The highest BCUT2D eigenvalue weighted by atomic mass is 31.2. The van der Waals surface area contributed by atoms with E-state index in [1.54, 1.807) is 0 Å². The number of unbranched alkanes of at least 4 members (excludes halogenated alkanes) is 10. The third kappa shape index (κ3) is 21.3. The van der Waals surface area contributed by atoms with Gasteiger partial charge in [0.25, 0.3) is 0 Å². The smallest absolute Gasteiger partial charge is 0.472 e. The first-order chi connectivity index (χ1) is 16.2. The number of aliphatic carboxylic acids is 1. The van der Waals surface area contributed by atoms with Gasteiger partial charge >= 0.3 is 19.8 Å². The lowest BCUT2D eigenvalue weighted by Crippen LogP contribution is -2.34. The Hall–Kier alpha value is -1.29. The number of hydrogen-bond acceptors (Lipinski definition) is 8. The summed E-state index contributed by atoms with van der Waals surface area (Å²) in [5.74, 6) is -1.86. The van der Waals surface area contributed by atoms with Crippen LogP contribution in [0.1, 0.15) is 90.4 Å². The minimum atomic E-state index is -4.58. The molecule has 200 valence electrons. The summed E-state index contributed by atoms with van der Waals surface area (Å²) in [6.45, 7) is 0.473. The lowest BCUT2D eigenvalue weighted by atomic mass is 10.1. The average molecular weight is 510 g/mol. The molecule has 0 saturated heterocycles. The van der Waals surface area contributed by atoms with Gasteiger partial charge in [-0.25, -0.2) is 4.57 Å². The Labute approximate surface area is 203 Å². The Morgan fingerprint density at radius 2 is 1.41 bits per heavy atom. The number of phosphoric ester groups is 1. The monoisotopic (exact) mass is 509 g/mol. The number of nitrogens with two attached hydrogens (primary N) is 1. The van der Waals surface area contributed by atoms with Crippen LogP contribution in [0.25, 0.3) is 0 Å². The Morgan fingerprint density at radius 3 is 2.00 bits per heavy atom. The largest absolute Gasteiger partial charge is 0.480 e. The van der Waals surface area contributed by atoms with Gasteiger partial charge < -0.3 is 25.6 Å². The number of phosphoric acid groups is 1. The topological polar surface area (TPSA) is 166 Å². The van der Waals surface area contributed by atoms with Crippen LogP contribution in [0.15, 0.2) is 12.2 Å². The summed E-state index contributed by atoms with van der Waals surface area (Å²) >= 11 is 0. The molecular formula is C23H44NO9P. The fourth-order valence-electron chi connectivity index (χ4n) is 2.94. The Morgan fingerprint density at radius 1 is 0.882 bits per heavy atom. The molecule has 0 amide bonds. The highest BCUT2D eigenvalue weighted by Gasteiger charge is 2.26. The lowest BCUT2D eigenvalue weighted by molar-refractivity contribution is -0.147. The van der Waals surface area contributed by atoms with Crippen molar-refractivity contribution < 1.29 is 43.0 Å². The molecule has 0 radical (unpaired) electrons. The van der Waals surface area contributed by atoms with Crippen LogP contribution in [0.5, 0.6) is 0 Å². The quantitative estimate of drug-likeness (QED) is 0.0682. The molecule has 0 spiro atoms. The maximum absolute atomic E-state index is 11.7. The summed E-state index contributed by atoms with van der Waals surface area (Å²) in [4.78, 5) is 31.7. The molecule has 11 heteroatoms. The van der Waals surface area contributed by atoms with Crippen molar-refractivity contribution in [2.75, 3.05) is 19.8 Å². The molecule has 0 aromatic heterocycles. The van der Waals surface area contributed by atoms with Gasteiger partial charge in [-0.2, -0.15) is 0 Å². The van der Waals surface area contributed by atoms with Gasteiger partial charge in [0.05, 0.1) is 13.2 Å². The van der Waals surface area contributed by atoms with E-state index in [9.17, 15) is 24.2 Å². The minimum absolute atomic E-state index is 0.236. The Kier molecular flexibility index (Phi) is 20.2. The number of ether oxygens (including phenoxy) is 1. The van der Waals surface area contributed by atoms with E-state index >= 15 is 0 Å². The number of aliphatic hydroxyl groups excluding tert-OH is 1. The zero-order chi connectivity index (χ0) is 25.7. The number of carbonyl (C=O) groups is 2. The maximum Gasteiger partial charge on any atom is 0.472 e. The van der Waals surface area contributed by atoms with Gasteiger partial charge in [0.2, 0.25) is 0 Å². The third-order valence-electron chi connectivity index (χ3n) is 4.99. The molecule has 0 heterocycles.